The van der Waals surface area contributed by atoms with Crippen molar-refractivity contribution in [3.05, 3.63) is 28.3 Å². The van der Waals surface area contributed by atoms with E-state index in [-0.39, 0.29) is 5.69 Å². The van der Waals surface area contributed by atoms with Gasteiger partial charge in [-0.15, -0.1) is 0 Å². The normalized spacial score (nSPS) is 19.6. The van der Waals surface area contributed by atoms with Crippen molar-refractivity contribution in [2.75, 3.05) is 30.9 Å². The summed E-state index contributed by atoms with van der Waals surface area (Å²) >= 11 is 0. The highest BCUT2D eigenvalue weighted by atomic mass is 16.6. The molecular formula is C13H21N5O2. The predicted molar refractivity (Wildman–Crippen MR) is 79.7 cm³/mol. The summed E-state index contributed by atoms with van der Waals surface area (Å²) in [6, 6.07) is 5.46. The summed E-state index contributed by atoms with van der Waals surface area (Å²) < 4.78 is 0. The Hall–Kier alpha value is -1.86. The van der Waals surface area contributed by atoms with Crippen LogP contribution in [0.25, 0.3) is 0 Å². The van der Waals surface area contributed by atoms with Crippen LogP contribution in [0, 0.1) is 10.1 Å². The number of likely N-dealkylation sites (tertiary alicyclic amines) is 1. The highest BCUT2D eigenvalue weighted by molar-refractivity contribution is 5.75. The Labute approximate surface area is 118 Å². The molecule has 7 heteroatoms. The van der Waals surface area contributed by atoms with Gasteiger partial charge in [0.2, 0.25) is 0 Å². The van der Waals surface area contributed by atoms with Gasteiger partial charge in [-0.25, -0.2) is 0 Å². The van der Waals surface area contributed by atoms with Crippen molar-refractivity contribution >= 4 is 17.1 Å². The molecule has 1 aliphatic heterocycles. The van der Waals surface area contributed by atoms with Gasteiger partial charge in [-0.3, -0.25) is 16.0 Å². The van der Waals surface area contributed by atoms with Gasteiger partial charge in [0.15, 0.2) is 0 Å². The molecule has 1 aliphatic rings. The zero-order chi connectivity index (χ0) is 14.5. The molecule has 4 N–H and O–H groups in total. The van der Waals surface area contributed by atoms with Crippen LogP contribution in [0.4, 0.5) is 17.1 Å². The van der Waals surface area contributed by atoms with Crippen LogP contribution >= 0.6 is 0 Å². The molecule has 1 atom stereocenters. The summed E-state index contributed by atoms with van der Waals surface area (Å²) in [6.45, 7) is 1.78. The molecule has 1 saturated heterocycles. The maximum atomic E-state index is 11.2. The molecular weight excluding hydrogens is 258 g/mol. The highest BCUT2D eigenvalue weighted by Gasteiger charge is 2.22. The molecule has 2 rings (SSSR count). The summed E-state index contributed by atoms with van der Waals surface area (Å²) in [7, 11) is 2.10. The van der Waals surface area contributed by atoms with Crippen LogP contribution in [0.15, 0.2) is 18.2 Å². The van der Waals surface area contributed by atoms with Gasteiger partial charge >= 0.3 is 5.69 Å². The topological polar surface area (TPSA) is 96.5 Å². The van der Waals surface area contributed by atoms with Gasteiger partial charge in [0, 0.05) is 12.6 Å². The van der Waals surface area contributed by atoms with Crippen LogP contribution in [0.3, 0.4) is 0 Å². The van der Waals surface area contributed by atoms with Crippen molar-refractivity contribution in [3.8, 4) is 0 Å². The number of likely N-dealkylation sites (N-methyl/N-ethyl adjacent to an activating group) is 1. The number of anilines is 2. The summed E-state index contributed by atoms with van der Waals surface area (Å²) in [6.07, 6.45) is 3.55. The van der Waals surface area contributed by atoms with E-state index >= 15 is 0 Å². The minimum absolute atomic E-state index is 0.00605. The molecule has 0 radical (unpaired) electrons. The van der Waals surface area contributed by atoms with E-state index in [9.17, 15) is 10.1 Å². The zero-order valence-electron chi connectivity index (χ0n) is 11.6. The molecule has 0 bridgehead atoms. The van der Waals surface area contributed by atoms with Gasteiger partial charge in [0.1, 0.15) is 11.4 Å². The lowest BCUT2D eigenvalue weighted by atomic mass is 10.0. The molecule has 0 saturated carbocycles. The van der Waals surface area contributed by atoms with E-state index in [0.29, 0.717) is 24.0 Å². The summed E-state index contributed by atoms with van der Waals surface area (Å²) in [5.41, 5.74) is 3.19. The highest BCUT2D eigenvalue weighted by Crippen LogP contribution is 2.32. The molecule has 1 unspecified atom stereocenters. The van der Waals surface area contributed by atoms with Gasteiger partial charge < -0.3 is 15.6 Å². The van der Waals surface area contributed by atoms with Crippen molar-refractivity contribution < 1.29 is 4.92 Å². The average molecular weight is 279 g/mol. The lowest BCUT2D eigenvalue weighted by molar-refractivity contribution is -0.383. The van der Waals surface area contributed by atoms with Gasteiger partial charge in [0.25, 0.3) is 0 Å². The van der Waals surface area contributed by atoms with Crippen LogP contribution in [-0.4, -0.2) is 36.0 Å². The number of piperidine rings is 1. The SMILES string of the molecule is CN1CCCCC1CNc1cccc(NN)c1[N+](=O)[O-]. The van der Waals surface area contributed by atoms with E-state index in [1.165, 1.54) is 12.8 Å². The Balaban J connectivity index is 2.10. The number of nitrogens with one attached hydrogen (secondary N) is 2. The quantitative estimate of drug-likeness (QED) is 0.432. The summed E-state index contributed by atoms with van der Waals surface area (Å²) in [4.78, 5) is 13.1. The lowest BCUT2D eigenvalue weighted by Crippen LogP contribution is -2.40. The van der Waals surface area contributed by atoms with Crippen molar-refractivity contribution in [2.24, 2.45) is 5.84 Å². The number of nitrogen functional groups attached to an aromatic ring is 1. The molecule has 20 heavy (non-hydrogen) atoms. The molecule has 1 fully saturated rings. The number of hydrazine groups is 1. The molecule has 0 aliphatic carbocycles. The second-order valence-corrected chi connectivity index (χ2v) is 5.11. The zero-order valence-corrected chi connectivity index (χ0v) is 11.6. The average Bonchev–Trinajstić information content (AvgIpc) is 2.45. The first-order valence-electron chi connectivity index (χ1n) is 6.81. The Morgan fingerprint density at radius 1 is 1.45 bits per heavy atom. The van der Waals surface area contributed by atoms with Gasteiger partial charge in [-0.2, -0.15) is 0 Å². The number of nitrogens with zero attached hydrogens (tertiary/aromatic N) is 2. The first-order chi connectivity index (χ1) is 9.63. The van der Waals surface area contributed by atoms with E-state index in [4.69, 9.17) is 5.84 Å². The summed E-state index contributed by atoms with van der Waals surface area (Å²) in [5, 5.41) is 14.4. The van der Waals surface area contributed by atoms with Gasteiger partial charge in [0.05, 0.1) is 4.92 Å². The van der Waals surface area contributed by atoms with E-state index in [0.717, 1.165) is 13.0 Å². The Kier molecular flexibility index (Phi) is 4.75. The third-order valence-corrected chi connectivity index (χ3v) is 3.82. The number of nitro groups is 1. The molecule has 0 amide bonds. The Morgan fingerprint density at radius 2 is 2.20 bits per heavy atom. The van der Waals surface area contributed by atoms with Crippen LogP contribution in [0.2, 0.25) is 0 Å². The molecule has 7 nitrogen and oxygen atoms in total. The van der Waals surface area contributed by atoms with Crippen molar-refractivity contribution in [1.29, 1.82) is 0 Å². The van der Waals surface area contributed by atoms with Gasteiger partial charge in [-0.1, -0.05) is 12.5 Å². The van der Waals surface area contributed by atoms with Crippen LogP contribution in [-0.2, 0) is 0 Å². The standard InChI is InChI=1S/C13H21N5O2/c1-17-8-3-2-5-10(17)9-15-11-6-4-7-12(16-14)13(11)18(19)20/h4,6-7,10,15-16H,2-3,5,8-9,14H2,1H3. The molecule has 0 spiro atoms. The smallest absolute Gasteiger partial charge is 0.316 e. The third kappa shape index (κ3) is 3.17. The minimum Gasteiger partial charge on any atom is -0.378 e. The first-order valence-corrected chi connectivity index (χ1v) is 6.81. The number of nitrogens with two attached hydrogens (primary N) is 1. The van der Waals surface area contributed by atoms with Crippen molar-refractivity contribution in [2.45, 2.75) is 25.3 Å². The van der Waals surface area contributed by atoms with Crippen molar-refractivity contribution in [1.82, 2.24) is 4.90 Å². The van der Waals surface area contributed by atoms with Crippen LogP contribution in [0.1, 0.15) is 19.3 Å². The Bertz CT molecular complexity index is 480. The fraction of sp³-hybridized carbons (Fsp3) is 0.538. The molecule has 0 aromatic heterocycles. The third-order valence-electron chi connectivity index (χ3n) is 3.82. The largest absolute Gasteiger partial charge is 0.378 e. The number of rotatable bonds is 5. The van der Waals surface area contributed by atoms with Gasteiger partial charge in [-0.05, 0) is 38.6 Å². The maximum absolute atomic E-state index is 11.2. The fourth-order valence-electron chi connectivity index (χ4n) is 2.63. The predicted octanol–water partition coefficient (Wildman–Crippen LogP) is 1.78. The molecule has 110 valence electrons. The first kappa shape index (κ1) is 14.5. The van der Waals surface area contributed by atoms with Crippen LogP contribution < -0.4 is 16.6 Å². The second-order valence-electron chi connectivity index (χ2n) is 5.11. The number of para-hydroxylation sites is 1. The molecule has 1 aromatic rings. The van der Waals surface area contributed by atoms with E-state index < -0.39 is 4.92 Å². The minimum atomic E-state index is -0.415. The molecule has 1 heterocycles. The number of hydrogen-bond donors (Lipinski definition) is 3. The lowest BCUT2D eigenvalue weighted by Gasteiger charge is -2.32. The summed E-state index contributed by atoms with van der Waals surface area (Å²) in [5.74, 6) is 5.33. The number of nitro benzene ring substituents is 1. The number of hydrogen-bond acceptors (Lipinski definition) is 6. The van der Waals surface area contributed by atoms with Crippen molar-refractivity contribution in [3.63, 3.8) is 0 Å². The molecule has 1 aromatic carbocycles. The Morgan fingerprint density at radius 3 is 2.85 bits per heavy atom. The number of benzene rings is 1. The van der Waals surface area contributed by atoms with E-state index in [1.807, 2.05) is 0 Å². The second kappa shape index (κ2) is 6.53. The monoisotopic (exact) mass is 279 g/mol. The fourth-order valence-corrected chi connectivity index (χ4v) is 2.63. The van der Waals surface area contributed by atoms with E-state index in [1.54, 1.807) is 18.2 Å². The van der Waals surface area contributed by atoms with E-state index in [2.05, 4.69) is 22.7 Å². The maximum Gasteiger partial charge on any atom is 0.316 e. The van der Waals surface area contributed by atoms with Crippen LogP contribution in [0.5, 0.6) is 0 Å².